The molecule has 0 aromatic rings. The topological polar surface area (TPSA) is 73.2 Å². The molecule has 1 saturated heterocycles. The Labute approximate surface area is 84.8 Å². The van der Waals surface area contributed by atoms with E-state index < -0.39 is 15.6 Å². The second-order valence-corrected chi connectivity index (χ2v) is 5.62. The lowest BCUT2D eigenvalue weighted by Crippen LogP contribution is -2.53. The lowest BCUT2D eigenvalue weighted by atomic mass is 9.91. The molecule has 0 aromatic carbocycles. The standard InChI is InChI=1S/C8H15N3O2S/c1-11-5-3-8(7-9,4-6-11)10-14(2,12)13/h10H,3-6H2,1-2H3. The summed E-state index contributed by atoms with van der Waals surface area (Å²) in [6.07, 6.45) is 2.19. The minimum absolute atomic E-state index is 0.549. The molecule has 0 radical (unpaired) electrons. The van der Waals surface area contributed by atoms with Gasteiger partial charge in [-0.15, -0.1) is 0 Å². The van der Waals surface area contributed by atoms with Gasteiger partial charge < -0.3 is 4.90 Å². The number of nitrogens with zero attached hydrogens (tertiary/aromatic N) is 2. The molecule has 1 aliphatic heterocycles. The molecule has 0 unspecified atom stereocenters. The Morgan fingerprint density at radius 2 is 1.93 bits per heavy atom. The molecule has 1 heterocycles. The Bertz CT molecular complexity index is 336. The summed E-state index contributed by atoms with van der Waals surface area (Å²) in [5.74, 6) is 0. The Morgan fingerprint density at radius 3 is 2.29 bits per heavy atom. The molecule has 0 atom stereocenters. The molecule has 0 amide bonds. The van der Waals surface area contributed by atoms with Gasteiger partial charge in [-0.25, -0.2) is 8.42 Å². The van der Waals surface area contributed by atoms with Crippen molar-refractivity contribution in [3.63, 3.8) is 0 Å². The van der Waals surface area contributed by atoms with Crippen LogP contribution < -0.4 is 4.72 Å². The first kappa shape index (κ1) is 11.4. The third-order valence-electron chi connectivity index (χ3n) is 2.44. The maximum atomic E-state index is 11.1. The monoisotopic (exact) mass is 217 g/mol. The smallest absolute Gasteiger partial charge is 0.210 e. The molecule has 0 bridgehead atoms. The predicted molar refractivity (Wildman–Crippen MR) is 53.1 cm³/mol. The van der Waals surface area contributed by atoms with Crippen LogP contribution in [-0.2, 0) is 10.0 Å². The number of nitriles is 1. The van der Waals surface area contributed by atoms with Crippen molar-refractivity contribution < 1.29 is 8.42 Å². The molecule has 6 heteroatoms. The number of nitrogens with one attached hydrogen (secondary N) is 1. The Hall–Kier alpha value is -0.640. The Kier molecular flexibility index (Phi) is 3.14. The van der Waals surface area contributed by atoms with Gasteiger partial charge in [0.2, 0.25) is 10.0 Å². The van der Waals surface area contributed by atoms with Crippen LogP contribution in [-0.4, -0.2) is 45.2 Å². The summed E-state index contributed by atoms with van der Waals surface area (Å²) in [4.78, 5) is 2.08. The van der Waals surface area contributed by atoms with E-state index in [0.717, 1.165) is 19.3 Å². The normalized spacial score (nSPS) is 22.9. The molecule has 1 N–H and O–H groups in total. The molecule has 0 saturated carbocycles. The van der Waals surface area contributed by atoms with Gasteiger partial charge in [0, 0.05) is 13.1 Å². The molecular formula is C8H15N3O2S. The molecular weight excluding hydrogens is 202 g/mol. The van der Waals surface area contributed by atoms with Crippen molar-refractivity contribution in [3.05, 3.63) is 0 Å². The van der Waals surface area contributed by atoms with E-state index >= 15 is 0 Å². The maximum Gasteiger partial charge on any atom is 0.210 e. The molecule has 5 nitrogen and oxygen atoms in total. The average Bonchev–Trinajstić information content (AvgIpc) is 2.07. The summed E-state index contributed by atoms with van der Waals surface area (Å²) in [6, 6.07) is 2.08. The molecule has 80 valence electrons. The summed E-state index contributed by atoms with van der Waals surface area (Å²) in [7, 11) is -1.34. The molecule has 1 fully saturated rings. The number of hydrogen-bond acceptors (Lipinski definition) is 4. The third kappa shape index (κ3) is 2.94. The van der Waals surface area contributed by atoms with Crippen LogP contribution in [0.1, 0.15) is 12.8 Å². The van der Waals surface area contributed by atoms with Crippen LogP contribution in [0.3, 0.4) is 0 Å². The van der Waals surface area contributed by atoms with Crippen LogP contribution in [0.2, 0.25) is 0 Å². The van der Waals surface area contributed by atoms with Crippen molar-refractivity contribution in [2.75, 3.05) is 26.4 Å². The van der Waals surface area contributed by atoms with Gasteiger partial charge in [0.25, 0.3) is 0 Å². The number of sulfonamides is 1. The van der Waals surface area contributed by atoms with E-state index in [4.69, 9.17) is 5.26 Å². The summed E-state index contributed by atoms with van der Waals surface area (Å²) in [6.45, 7) is 1.49. The van der Waals surface area contributed by atoms with Crippen LogP contribution in [0.5, 0.6) is 0 Å². The van der Waals surface area contributed by atoms with Crippen molar-refractivity contribution >= 4 is 10.0 Å². The summed E-state index contributed by atoms with van der Waals surface area (Å²) < 4.78 is 24.6. The van der Waals surface area contributed by atoms with E-state index in [1.807, 2.05) is 7.05 Å². The number of piperidine rings is 1. The van der Waals surface area contributed by atoms with Gasteiger partial charge in [-0.1, -0.05) is 0 Å². The first-order valence-electron chi connectivity index (χ1n) is 4.46. The fourth-order valence-electron chi connectivity index (χ4n) is 1.59. The molecule has 1 aliphatic rings. The Morgan fingerprint density at radius 1 is 1.43 bits per heavy atom. The van der Waals surface area contributed by atoms with E-state index in [9.17, 15) is 8.42 Å². The van der Waals surface area contributed by atoms with Gasteiger partial charge in [-0.3, -0.25) is 0 Å². The Balaban J connectivity index is 2.75. The highest BCUT2D eigenvalue weighted by molar-refractivity contribution is 7.88. The zero-order chi connectivity index (χ0) is 10.8. The highest BCUT2D eigenvalue weighted by atomic mass is 32.2. The predicted octanol–water partition coefficient (Wildman–Crippen LogP) is -0.476. The average molecular weight is 217 g/mol. The van der Waals surface area contributed by atoms with Crippen molar-refractivity contribution in [1.82, 2.24) is 9.62 Å². The largest absolute Gasteiger partial charge is 0.306 e. The zero-order valence-corrected chi connectivity index (χ0v) is 9.26. The van der Waals surface area contributed by atoms with Crippen LogP contribution in [0.25, 0.3) is 0 Å². The maximum absolute atomic E-state index is 11.1. The molecule has 0 aliphatic carbocycles. The number of hydrogen-bond donors (Lipinski definition) is 1. The highest BCUT2D eigenvalue weighted by Crippen LogP contribution is 2.21. The quantitative estimate of drug-likeness (QED) is 0.678. The summed E-state index contributed by atoms with van der Waals surface area (Å²) >= 11 is 0. The molecule has 0 spiro atoms. The molecule has 0 aromatic heterocycles. The summed E-state index contributed by atoms with van der Waals surface area (Å²) in [5.41, 5.74) is -0.889. The highest BCUT2D eigenvalue weighted by Gasteiger charge is 2.36. The lowest BCUT2D eigenvalue weighted by molar-refractivity contribution is 0.213. The van der Waals surface area contributed by atoms with Crippen molar-refractivity contribution in [2.24, 2.45) is 0 Å². The van der Waals surface area contributed by atoms with Crippen molar-refractivity contribution in [2.45, 2.75) is 18.4 Å². The van der Waals surface area contributed by atoms with Gasteiger partial charge >= 0.3 is 0 Å². The second kappa shape index (κ2) is 3.85. The fraction of sp³-hybridized carbons (Fsp3) is 0.875. The minimum atomic E-state index is -3.30. The van der Waals surface area contributed by atoms with Crippen molar-refractivity contribution in [1.29, 1.82) is 5.26 Å². The third-order valence-corrected chi connectivity index (χ3v) is 3.20. The van der Waals surface area contributed by atoms with Gasteiger partial charge in [0.1, 0.15) is 5.54 Å². The van der Waals surface area contributed by atoms with Gasteiger partial charge in [-0.05, 0) is 19.9 Å². The van der Waals surface area contributed by atoms with Crippen LogP contribution in [0.4, 0.5) is 0 Å². The van der Waals surface area contributed by atoms with E-state index in [-0.39, 0.29) is 0 Å². The van der Waals surface area contributed by atoms with E-state index in [1.165, 1.54) is 0 Å². The van der Waals surface area contributed by atoms with Gasteiger partial charge in [-0.2, -0.15) is 9.98 Å². The van der Waals surface area contributed by atoms with Crippen LogP contribution in [0.15, 0.2) is 0 Å². The number of likely N-dealkylation sites (tertiary alicyclic amines) is 1. The van der Waals surface area contributed by atoms with Gasteiger partial charge in [0.15, 0.2) is 0 Å². The van der Waals surface area contributed by atoms with E-state index in [1.54, 1.807) is 0 Å². The van der Waals surface area contributed by atoms with Gasteiger partial charge in [0.05, 0.1) is 12.3 Å². The first-order chi connectivity index (χ1) is 6.37. The first-order valence-corrected chi connectivity index (χ1v) is 6.35. The summed E-state index contributed by atoms with van der Waals surface area (Å²) in [5, 5.41) is 9.00. The fourth-order valence-corrected chi connectivity index (χ4v) is 2.55. The van der Waals surface area contributed by atoms with Crippen LogP contribution >= 0.6 is 0 Å². The van der Waals surface area contributed by atoms with Crippen LogP contribution in [0, 0.1) is 11.3 Å². The van der Waals surface area contributed by atoms with E-state index in [0.29, 0.717) is 12.8 Å². The molecule has 14 heavy (non-hydrogen) atoms. The van der Waals surface area contributed by atoms with Crippen molar-refractivity contribution in [3.8, 4) is 6.07 Å². The minimum Gasteiger partial charge on any atom is -0.306 e. The lowest BCUT2D eigenvalue weighted by Gasteiger charge is -2.35. The number of rotatable bonds is 2. The molecule has 1 rings (SSSR count). The second-order valence-electron chi connectivity index (χ2n) is 3.87. The zero-order valence-electron chi connectivity index (χ0n) is 8.45. The SMILES string of the molecule is CN1CCC(C#N)(NS(C)(=O)=O)CC1. The van der Waals surface area contributed by atoms with E-state index in [2.05, 4.69) is 15.7 Å².